The molecule has 10 heavy (non-hydrogen) atoms. The lowest BCUT2D eigenvalue weighted by Gasteiger charge is -2.14. The molecule has 0 aliphatic rings. The van der Waals surface area contributed by atoms with E-state index in [0.717, 1.165) is 12.8 Å². The molecule has 8 N–H and O–H groups in total. The summed E-state index contributed by atoms with van der Waals surface area (Å²) in [7, 11) is 0. The molecule has 0 saturated carbocycles. The maximum absolute atomic E-state index is 5.65. The molecule has 0 fully saturated rings. The average Bonchev–Trinajstić information content (AvgIpc) is 1.88. The van der Waals surface area contributed by atoms with Crippen LogP contribution in [0.5, 0.6) is 0 Å². The van der Waals surface area contributed by atoms with E-state index in [4.69, 9.17) is 22.9 Å². The van der Waals surface area contributed by atoms with Crippen LogP contribution in [0.4, 0.5) is 0 Å². The van der Waals surface area contributed by atoms with Crippen LogP contribution in [0.25, 0.3) is 0 Å². The molecule has 2 unspecified atom stereocenters. The zero-order valence-electron chi connectivity index (χ0n) is 6.29. The van der Waals surface area contributed by atoms with Crippen molar-refractivity contribution in [2.75, 3.05) is 13.1 Å². The summed E-state index contributed by atoms with van der Waals surface area (Å²) in [5, 5.41) is 0. The zero-order chi connectivity index (χ0) is 7.98. The summed E-state index contributed by atoms with van der Waals surface area (Å²) in [6, 6.07) is 0.144. The minimum Gasteiger partial charge on any atom is -0.330 e. The molecule has 0 bridgehead atoms. The minimum atomic E-state index is 0.0292. The number of hydrogen-bond donors (Lipinski definition) is 4. The largest absolute Gasteiger partial charge is 0.330 e. The van der Waals surface area contributed by atoms with Gasteiger partial charge in [0.15, 0.2) is 0 Å². The topological polar surface area (TPSA) is 104 Å². The summed E-state index contributed by atoms with van der Waals surface area (Å²) < 4.78 is 0. The van der Waals surface area contributed by atoms with Crippen LogP contribution < -0.4 is 22.9 Å². The third-order valence-electron chi connectivity index (χ3n) is 1.45. The Labute approximate surface area is 61.9 Å². The highest BCUT2D eigenvalue weighted by Gasteiger charge is 2.05. The molecular weight excluding hydrogens is 128 g/mol. The molecule has 62 valence electrons. The lowest BCUT2D eigenvalue weighted by Crippen LogP contribution is -2.37. The predicted octanol–water partition coefficient (Wildman–Crippen LogP) is -1.66. The van der Waals surface area contributed by atoms with Gasteiger partial charge < -0.3 is 22.9 Å². The standard InChI is InChI=1S/C6H18N4/c7-2-1-5(9)3-6(10)4-8/h5-6H,1-4,7-10H2. The van der Waals surface area contributed by atoms with Crippen LogP contribution in [0.3, 0.4) is 0 Å². The number of hydrogen-bond acceptors (Lipinski definition) is 4. The Kier molecular flexibility index (Phi) is 5.52. The summed E-state index contributed by atoms with van der Waals surface area (Å²) in [6.07, 6.45) is 1.60. The van der Waals surface area contributed by atoms with E-state index in [1.54, 1.807) is 0 Å². The Morgan fingerprint density at radius 1 is 1.00 bits per heavy atom. The number of rotatable bonds is 5. The highest BCUT2D eigenvalue weighted by atomic mass is 14.7. The van der Waals surface area contributed by atoms with Crippen molar-refractivity contribution in [1.82, 2.24) is 0 Å². The maximum Gasteiger partial charge on any atom is 0.0177 e. The van der Waals surface area contributed by atoms with Crippen molar-refractivity contribution in [3.63, 3.8) is 0 Å². The Morgan fingerprint density at radius 3 is 2.00 bits per heavy atom. The van der Waals surface area contributed by atoms with Crippen LogP contribution in [0.1, 0.15) is 12.8 Å². The maximum atomic E-state index is 5.65. The lowest BCUT2D eigenvalue weighted by atomic mass is 10.1. The quantitative estimate of drug-likeness (QED) is 0.372. The summed E-state index contributed by atoms with van der Waals surface area (Å²) in [6.45, 7) is 1.12. The van der Waals surface area contributed by atoms with Crippen molar-refractivity contribution in [2.24, 2.45) is 22.9 Å². The molecule has 0 aliphatic carbocycles. The van der Waals surface area contributed by atoms with Crippen LogP contribution in [0.2, 0.25) is 0 Å². The van der Waals surface area contributed by atoms with Crippen molar-refractivity contribution in [3.05, 3.63) is 0 Å². The summed E-state index contributed by atoms with van der Waals surface area (Å²) in [4.78, 5) is 0. The van der Waals surface area contributed by atoms with Gasteiger partial charge in [0.25, 0.3) is 0 Å². The van der Waals surface area contributed by atoms with Gasteiger partial charge in [-0.2, -0.15) is 0 Å². The fraction of sp³-hybridized carbons (Fsp3) is 1.00. The SMILES string of the molecule is NCCC(N)CC(N)CN. The lowest BCUT2D eigenvalue weighted by molar-refractivity contribution is 0.505. The van der Waals surface area contributed by atoms with Crippen LogP contribution in [-0.4, -0.2) is 25.2 Å². The molecule has 4 heteroatoms. The molecule has 4 nitrogen and oxygen atoms in total. The normalized spacial score (nSPS) is 16.8. The molecule has 0 aromatic heterocycles. The van der Waals surface area contributed by atoms with Gasteiger partial charge in [0, 0.05) is 18.6 Å². The Balaban J connectivity index is 3.27. The summed E-state index contributed by atoms with van der Waals surface area (Å²) in [5.74, 6) is 0. The van der Waals surface area contributed by atoms with Crippen LogP contribution in [0.15, 0.2) is 0 Å². The fourth-order valence-electron chi connectivity index (χ4n) is 0.817. The van der Waals surface area contributed by atoms with Gasteiger partial charge in [-0.25, -0.2) is 0 Å². The van der Waals surface area contributed by atoms with E-state index in [-0.39, 0.29) is 12.1 Å². The van der Waals surface area contributed by atoms with E-state index >= 15 is 0 Å². The molecule has 0 amide bonds. The van der Waals surface area contributed by atoms with Crippen LogP contribution in [0, 0.1) is 0 Å². The van der Waals surface area contributed by atoms with Gasteiger partial charge in [0.1, 0.15) is 0 Å². The molecule has 0 aliphatic heterocycles. The molecule has 0 rings (SSSR count). The van der Waals surface area contributed by atoms with E-state index in [2.05, 4.69) is 0 Å². The molecule has 0 saturated heterocycles. The van der Waals surface area contributed by atoms with Crippen molar-refractivity contribution in [2.45, 2.75) is 24.9 Å². The average molecular weight is 146 g/mol. The minimum absolute atomic E-state index is 0.0292. The predicted molar refractivity (Wildman–Crippen MR) is 43.3 cm³/mol. The summed E-state index contributed by atoms with van der Waals surface area (Å²) >= 11 is 0. The molecular formula is C6H18N4. The van der Waals surface area contributed by atoms with E-state index in [0.29, 0.717) is 13.1 Å². The zero-order valence-corrected chi connectivity index (χ0v) is 6.29. The highest BCUT2D eigenvalue weighted by molar-refractivity contribution is 4.71. The molecule has 0 heterocycles. The van der Waals surface area contributed by atoms with Crippen LogP contribution >= 0.6 is 0 Å². The molecule has 0 spiro atoms. The van der Waals surface area contributed by atoms with Crippen molar-refractivity contribution < 1.29 is 0 Å². The second kappa shape index (κ2) is 5.61. The Morgan fingerprint density at radius 2 is 1.60 bits per heavy atom. The van der Waals surface area contributed by atoms with Gasteiger partial charge in [-0.3, -0.25) is 0 Å². The van der Waals surface area contributed by atoms with Crippen LogP contribution in [-0.2, 0) is 0 Å². The monoisotopic (exact) mass is 146 g/mol. The van der Waals surface area contributed by atoms with Gasteiger partial charge in [-0.05, 0) is 19.4 Å². The van der Waals surface area contributed by atoms with E-state index in [9.17, 15) is 0 Å². The second-order valence-corrected chi connectivity index (χ2v) is 2.57. The number of nitrogens with two attached hydrogens (primary N) is 4. The van der Waals surface area contributed by atoms with Gasteiger partial charge in [0.05, 0.1) is 0 Å². The molecule has 0 aromatic rings. The van der Waals surface area contributed by atoms with Crippen molar-refractivity contribution in [1.29, 1.82) is 0 Å². The first-order valence-electron chi connectivity index (χ1n) is 3.62. The summed E-state index contributed by atoms with van der Waals surface area (Å²) in [5.41, 5.74) is 21.8. The third kappa shape index (κ3) is 4.69. The first-order chi connectivity index (χ1) is 4.70. The van der Waals surface area contributed by atoms with Gasteiger partial charge in [0.2, 0.25) is 0 Å². The van der Waals surface area contributed by atoms with E-state index in [1.165, 1.54) is 0 Å². The van der Waals surface area contributed by atoms with Crippen molar-refractivity contribution >= 4 is 0 Å². The second-order valence-electron chi connectivity index (χ2n) is 2.57. The van der Waals surface area contributed by atoms with Gasteiger partial charge in [-0.15, -0.1) is 0 Å². The third-order valence-corrected chi connectivity index (χ3v) is 1.45. The smallest absolute Gasteiger partial charge is 0.0177 e. The van der Waals surface area contributed by atoms with Crippen molar-refractivity contribution in [3.8, 4) is 0 Å². The highest BCUT2D eigenvalue weighted by Crippen LogP contribution is 1.94. The molecule has 0 aromatic carbocycles. The first kappa shape index (κ1) is 9.84. The van der Waals surface area contributed by atoms with Gasteiger partial charge >= 0.3 is 0 Å². The van der Waals surface area contributed by atoms with E-state index < -0.39 is 0 Å². The Hall–Kier alpha value is -0.160. The van der Waals surface area contributed by atoms with E-state index in [1.807, 2.05) is 0 Å². The Bertz CT molecular complexity index is 76.1. The first-order valence-corrected chi connectivity index (χ1v) is 3.62. The molecule has 2 atom stereocenters. The molecule has 0 radical (unpaired) electrons. The fourth-order valence-corrected chi connectivity index (χ4v) is 0.817. The van der Waals surface area contributed by atoms with Gasteiger partial charge in [-0.1, -0.05) is 0 Å².